The third kappa shape index (κ3) is 5.26. The van der Waals surface area contributed by atoms with Gasteiger partial charge in [-0.1, -0.05) is 18.6 Å². The van der Waals surface area contributed by atoms with Crippen LogP contribution in [0.15, 0.2) is 24.3 Å². The molecular weight excluding hydrogens is 464 g/mol. The van der Waals surface area contributed by atoms with Crippen LogP contribution >= 0.6 is 11.3 Å². The lowest BCUT2D eigenvalue weighted by molar-refractivity contribution is 0.00446. The number of nitrogens with zero attached hydrogens (tertiary/aromatic N) is 4. The number of piperidine rings is 1. The molecule has 2 aromatic heterocycles. The fraction of sp³-hybridized carbons (Fsp3) is 0.560. The van der Waals surface area contributed by atoms with Crippen LogP contribution in [0.1, 0.15) is 31.4 Å². The van der Waals surface area contributed by atoms with Crippen molar-refractivity contribution in [2.75, 3.05) is 43.4 Å². The maximum atomic E-state index is 10.6. The monoisotopic (exact) mass is 498 g/mol. The van der Waals surface area contributed by atoms with Crippen molar-refractivity contribution in [1.82, 2.24) is 19.9 Å². The van der Waals surface area contributed by atoms with Crippen LogP contribution in [0.25, 0.3) is 20.8 Å². The Hall–Kier alpha value is -2.37. The van der Waals surface area contributed by atoms with Crippen molar-refractivity contribution < 1.29 is 15.3 Å². The van der Waals surface area contributed by atoms with Gasteiger partial charge in [0.05, 0.1) is 33.6 Å². The lowest BCUT2D eigenvalue weighted by atomic mass is 10.1. The van der Waals surface area contributed by atoms with Gasteiger partial charge in [0.15, 0.2) is 0 Å². The number of para-hydroxylation sites is 1. The number of thiazole rings is 1. The number of aliphatic hydroxyl groups is 3. The molecule has 1 saturated carbocycles. The van der Waals surface area contributed by atoms with Gasteiger partial charge in [0.25, 0.3) is 0 Å². The molecule has 0 radical (unpaired) electrons. The van der Waals surface area contributed by atoms with Gasteiger partial charge in [-0.15, -0.1) is 11.3 Å². The summed E-state index contributed by atoms with van der Waals surface area (Å²) in [6.07, 6.45) is 2.29. The minimum absolute atomic E-state index is 0.173. The maximum Gasteiger partial charge on any atom is 0.224 e. The molecule has 3 heterocycles. The number of aromatic nitrogens is 3. The molecule has 5 N–H and O–H groups in total. The molecule has 1 aromatic carbocycles. The Morgan fingerprint density at radius 1 is 1.06 bits per heavy atom. The van der Waals surface area contributed by atoms with Crippen LogP contribution in [0.5, 0.6) is 0 Å². The summed E-state index contributed by atoms with van der Waals surface area (Å²) in [6.45, 7) is 5.73. The van der Waals surface area contributed by atoms with Gasteiger partial charge in [-0.25, -0.2) is 9.97 Å². The van der Waals surface area contributed by atoms with E-state index in [9.17, 15) is 15.3 Å². The van der Waals surface area contributed by atoms with E-state index in [4.69, 9.17) is 15.0 Å². The summed E-state index contributed by atoms with van der Waals surface area (Å²) < 4.78 is 1.08. The van der Waals surface area contributed by atoms with Gasteiger partial charge in [-0.05, 0) is 51.4 Å². The van der Waals surface area contributed by atoms with Gasteiger partial charge in [-0.3, -0.25) is 0 Å². The minimum Gasteiger partial charge on any atom is -0.396 e. The largest absolute Gasteiger partial charge is 0.396 e. The van der Waals surface area contributed by atoms with Crippen LogP contribution in [-0.2, 0) is 0 Å². The van der Waals surface area contributed by atoms with Crippen molar-refractivity contribution in [3.05, 3.63) is 30.0 Å². The van der Waals surface area contributed by atoms with Gasteiger partial charge < -0.3 is 30.9 Å². The van der Waals surface area contributed by atoms with Crippen molar-refractivity contribution >= 4 is 33.3 Å². The lowest BCUT2D eigenvalue weighted by Gasteiger charge is -2.26. The van der Waals surface area contributed by atoms with Gasteiger partial charge >= 0.3 is 0 Å². The highest BCUT2D eigenvalue weighted by Gasteiger charge is 2.41. The van der Waals surface area contributed by atoms with Crippen LogP contribution in [0.2, 0.25) is 0 Å². The zero-order valence-corrected chi connectivity index (χ0v) is 20.8. The number of benzene rings is 1. The molecule has 0 amide bonds. The number of aliphatic hydroxyl groups excluding tert-OH is 3. The Labute approximate surface area is 209 Å². The molecule has 3 aromatic rings. The number of hydrogen-bond acceptors (Lipinski definition) is 10. The molecule has 4 atom stereocenters. The summed E-state index contributed by atoms with van der Waals surface area (Å²) in [5, 5.41) is 38.1. The first-order valence-electron chi connectivity index (χ1n) is 12.5. The number of anilines is 2. The summed E-state index contributed by atoms with van der Waals surface area (Å²) in [6, 6.07) is 7.55. The van der Waals surface area contributed by atoms with Crippen molar-refractivity contribution in [2.45, 2.75) is 50.9 Å². The van der Waals surface area contributed by atoms with E-state index in [1.54, 1.807) is 11.3 Å². The van der Waals surface area contributed by atoms with E-state index in [-0.39, 0.29) is 12.5 Å². The van der Waals surface area contributed by atoms with E-state index < -0.39 is 18.2 Å². The third-order valence-electron chi connectivity index (χ3n) is 7.12. The van der Waals surface area contributed by atoms with Gasteiger partial charge in [-0.2, -0.15) is 4.98 Å². The standard InChI is InChI=1S/C25H34N6O3S/c1-15-20(24-29-17-7-3-4-8-19(17)35-24)23(28-18-13-16(14-32)21(33)22(18)34)30-25(27-15)26-9-12-31-10-5-2-6-11-31/h3-4,7-8,16,18,21-22,32-34H,2,5-6,9-14H2,1H3,(H2,26,27,28,30)/t16-,18-,21-,22+/m1/s1. The highest BCUT2D eigenvalue weighted by molar-refractivity contribution is 7.21. The number of likely N-dealkylation sites (tertiary alicyclic amines) is 1. The molecule has 1 saturated heterocycles. The topological polar surface area (TPSA) is 127 Å². The van der Waals surface area contributed by atoms with E-state index in [2.05, 4.69) is 15.5 Å². The number of nitrogens with one attached hydrogen (secondary N) is 2. The molecule has 0 unspecified atom stereocenters. The first kappa shape index (κ1) is 24.3. The average molecular weight is 499 g/mol. The number of aryl methyl sites for hydroxylation is 1. The SMILES string of the molecule is Cc1nc(NCCN2CCCCC2)nc(N[C@@H]2C[C@H](CO)[C@@H](O)[C@H]2O)c1-c1nc2ccccc2s1. The highest BCUT2D eigenvalue weighted by atomic mass is 32.1. The Morgan fingerprint density at radius 2 is 1.86 bits per heavy atom. The molecule has 9 nitrogen and oxygen atoms in total. The summed E-state index contributed by atoms with van der Waals surface area (Å²) in [5.74, 6) is 0.726. The van der Waals surface area contributed by atoms with Gasteiger partial charge in [0.1, 0.15) is 16.9 Å². The molecule has 0 spiro atoms. The molecule has 188 valence electrons. The van der Waals surface area contributed by atoms with Crippen LogP contribution in [0.4, 0.5) is 11.8 Å². The number of rotatable bonds is 8. The molecule has 0 bridgehead atoms. The zero-order valence-electron chi connectivity index (χ0n) is 20.0. The first-order valence-corrected chi connectivity index (χ1v) is 13.3. The van der Waals surface area contributed by atoms with Crippen LogP contribution < -0.4 is 10.6 Å². The number of hydrogen-bond donors (Lipinski definition) is 5. The van der Waals surface area contributed by atoms with Crippen molar-refractivity contribution in [1.29, 1.82) is 0 Å². The Kier molecular flexibility index (Phi) is 7.45. The second-order valence-corrected chi connectivity index (χ2v) is 10.6. The minimum atomic E-state index is -0.999. The second kappa shape index (κ2) is 10.7. The molecule has 5 rings (SSSR count). The van der Waals surface area contributed by atoms with Crippen molar-refractivity contribution in [3.63, 3.8) is 0 Å². The fourth-order valence-corrected chi connectivity index (χ4v) is 6.19. The van der Waals surface area contributed by atoms with Crippen LogP contribution in [0, 0.1) is 12.8 Å². The lowest BCUT2D eigenvalue weighted by Crippen LogP contribution is -2.36. The second-order valence-electron chi connectivity index (χ2n) is 9.58. The number of fused-ring (bicyclic) bond motifs is 1. The average Bonchev–Trinajstić information content (AvgIpc) is 3.40. The van der Waals surface area contributed by atoms with Gasteiger partial charge in [0, 0.05) is 25.6 Å². The molecule has 1 aliphatic carbocycles. The highest BCUT2D eigenvalue weighted by Crippen LogP contribution is 2.38. The normalized spacial score (nSPS) is 25.3. The third-order valence-corrected chi connectivity index (χ3v) is 8.17. The van der Waals surface area contributed by atoms with E-state index in [1.165, 1.54) is 19.3 Å². The van der Waals surface area contributed by atoms with Crippen molar-refractivity contribution in [3.8, 4) is 10.6 Å². The predicted octanol–water partition coefficient (Wildman–Crippen LogP) is 2.47. The molecule has 2 fully saturated rings. The Bertz CT molecular complexity index is 1120. The first-order chi connectivity index (χ1) is 17.0. The molecule has 10 heteroatoms. The van der Waals surface area contributed by atoms with Crippen LogP contribution in [0.3, 0.4) is 0 Å². The summed E-state index contributed by atoms with van der Waals surface area (Å²) in [4.78, 5) is 16.8. The summed E-state index contributed by atoms with van der Waals surface area (Å²) in [7, 11) is 0. The van der Waals surface area contributed by atoms with E-state index in [0.29, 0.717) is 18.2 Å². The van der Waals surface area contributed by atoms with Crippen molar-refractivity contribution in [2.24, 2.45) is 5.92 Å². The van der Waals surface area contributed by atoms with E-state index in [0.717, 1.165) is 52.7 Å². The zero-order chi connectivity index (χ0) is 24.4. The Balaban J connectivity index is 1.43. The molecule has 35 heavy (non-hydrogen) atoms. The Morgan fingerprint density at radius 3 is 2.60 bits per heavy atom. The quantitative estimate of drug-likeness (QED) is 0.318. The van der Waals surface area contributed by atoms with E-state index in [1.807, 2.05) is 31.2 Å². The summed E-state index contributed by atoms with van der Waals surface area (Å²) >= 11 is 1.58. The fourth-order valence-electron chi connectivity index (χ4n) is 5.12. The van der Waals surface area contributed by atoms with E-state index >= 15 is 0 Å². The molecule has 1 aliphatic heterocycles. The predicted molar refractivity (Wildman–Crippen MR) is 139 cm³/mol. The summed E-state index contributed by atoms with van der Waals surface area (Å²) in [5.41, 5.74) is 2.49. The maximum absolute atomic E-state index is 10.6. The smallest absolute Gasteiger partial charge is 0.224 e. The van der Waals surface area contributed by atoms with Gasteiger partial charge in [0.2, 0.25) is 5.95 Å². The van der Waals surface area contributed by atoms with Crippen LogP contribution in [-0.4, -0.2) is 86.2 Å². The molecular formula is C25H34N6O3S. The molecule has 2 aliphatic rings.